The van der Waals surface area contributed by atoms with Crippen molar-refractivity contribution in [3.63, 3.8) is 0 Å². The van der Waals surface area contributed by atoms with Crippen LogP contribution in [0.15, 0.2) is 30.5 Å². The predicted octanol–water partition coefficient (Wildman–Crippen LogP) is 2.23. The van der Waals surface area contributed by atoms with E-state index in [2.05, 4.69) is 10.2 Å². The largest absolute Gasteiger partial charge is 0.480 e. The van der Waals surface area contributed by atoms with Crippen LogP contribution in [0.2, 0.25) is 0 Å². The quantitative estimate of drug-likeness (QED) is 0.838. The van der Waals surface area contributed by atoms with Gasteiger partial charge in [-0.1, -0.05) is 0 Å². The molecule has 1 fully saturated rings. The van der Waals surface area contributed by atoms with Crippen molar-refractivity contribution in [3.05, 3.63) is 41.8 Å². The minimum absolute atomic E-state index is 0.00490. The van der Waals surface area contributed by atoms with Gasteiger partial charge in [0.2, 0.25) is 0 Å². The van der Waals surface area contributed by atoms with E-state index in [1.54, 1.807) is 24.1 Å². The Kier molecular flexibility index (Phi) is 5.85. The number of carbonyl (C=O) groups excluding carboxylic acids is 1. The van der Waals surface area contributed by atoms with Crippen molar-refractivity contribution >= 4 is 11.9 Å². The van der Waals surface area contributed by atoms with Gasteiger partial charge in [0.25, 0.3) is 5.91 Å². The van der Waals surface area contributed by atoms with E-state index in [-0.39, 0.29) is 24.3 Å². The molecular formula is C19H23FN4O3. The molecule has 1 atom stereocenters. The van der Waals surface area contributed by atoms with Crippen LogP contribution in [0, 0.1) is 5.82 Å². The first-order valence-electron chi connectivity index (χ1n) is 8.96. The molecule has 0 bridgehead atoms. The first kappa shape index (κ1) is 19.0. The van der Waals surface area contributed by atoms with Crippen molar-refractivity contribution in [3.8, 4) is 11.3 Å². The Morgan fingerprint density at radius 2 is 2.04 bits per heavy atom. The minimum atomic E-state index is -0.850. The number of aliphatic carboxylic acids is 1. The van der Waals surface area contributed by atoms with Gasteiger partial charge in [-0.15, -0.1) is 0 Å². The lowest BCUT2D eigenvalue weighted by Gasteiger charge is -2.25. The Bertz CT molecular complexity index is 806. The first-order valence-corrected chi connectivity index (χ1v) is 8.96. The summed E-state index contributed by atoms with van der Waals surface area (Å²) in [4.78, 5) is 27.5. The van der Waals surface area contributed by atoms with Gasteiger partial charge in [0.1, 0.15) is 5.82 Å². The van der Waals surface area contributed by atoms with Crippen molar-refractivity contribution < 1.29 is 19.1 Å². The number of rotatable bonds is 5. The highest BCUT2D eigenvalue weighted by Gasteiger charge is 2.26. The molecule has 1 unspecified atom stereocenters. The number of aromatic amines is 1. The lowest BCUT2D eigenvalue weighted by Crippen LogP contribution is -2.37. The van der Waals surface area contributed by atoms with Gasteiger partial charge in [0.15, 0.2) is 0 Å². The number of likely N-dealkylation sites (tertiary alicyclic amines) is 1. The van der Waals surface area contributed by atoms with E-state index in [0.717, 1.165) is 19.3 Å². The molecule has 1 aromatic heterocycles. The molecule has 0 spiro atoms. The molecule has 0 radical (unpaired) electrons. The van der Waals surface area contributed by atoms with Crippen LogP contribution < -0.4 is 0 Å². The van der Waals surface area contributed by atoms with Crippen molar-refractivity contribution in [1.29, 1.82) is 0 Å². The summed E-state index contributed by atoms with van der Waals surface area (Å²) in [5.41, 5.74) is 1.73. The number of halogens is 1. The summed E-state index contributed by atoms with van der Waals surface area (Å²) in [6.45, 7) is 1.17. The van der Waals surface area contributed by atoms with E-state index in [1.807, 2.05) is 4.90 Å². The molecule has 0 aliphatic carbocycles. The van der Waals surface area contributed by atoms with Gasteiger partial charge in [-0.25, -0.2) is 4.39 Å². The molecule has 0 saturated carbocycles. The maximum Gasteiger partial charge on any atom is 0.317 e. The molecule has 8 heteroatoms. The summed E-state index contributed by atoms with van der Waals surface area (Å²) < 4.78 is 13.2. The van der Waals surface area contributed by atoms with Crippen LogP contribution in [0.1, 0.15) is 29.6 Å². The van der Waals surface area contributed by atoms with Gasteiger partial charge >= 0.3 is 5.97 Å². The zero-order valence-electron chi connectivity index (χ0n) is 15.2. The average Bonchev–Trinajstić information content (AvgIpc) is 2.98. The Balaban J connectivity index is 1.71. The van der Waals surface area contributed by atoms with E-state index in [9.17, 15) is 14.0 Å². The number of carboxylic acid groups (broad SMARTS) is 1. The minimum Gasteiger partial charge on any atom is -0.480 e. The van der Waals surface area contributed by atoms with E-state index in [0.29, 0.717) is 29.9 Å². The normalized spacial score (nSPS) is 17.7. The lowest BCUT2D eigenvalue weighted by atomic mass is 10.1. The highest BCUT2D eigenvalue weighted by atomic mass is 19.1. The Labute approximate surface area is 156 Å². The number of hydrogen-bond acceptors (Lipinski definition) is 4. The summed E-state index contributed by atoms with van der Waals surface area (Å²) in [5.74, 6) is -1.31. The second-order valence-electron chi connectivity index (χ2n) is 6.85. The number of aromatic nitrogens is 2. The maximum absolute atomic E-state index is 13.2. The third kappa shape index (κ3) is 4.51. The van der Waals surface area contributed by atoms with Crippen LogP contribution in [0.4, 0.5) is 4.39 Å². The third-order valence-electron chi connectivity index (χ3n) is 5.00. The molecule has 1 aliphatic rings. The van der Waals surface area contributed by atoms with Gasteiger partial charge < -0.3 is 10.0 Å². The molecule has 1 aromatic carbocycles. The van der Waals surface area contributed by atoms with Crippen LogP contribution in [-0.2, 0) is 4.79 Å². The molecule has 1 saturated heterocycles. The van der Waals surface area contributed by atoms with Crippen LogP contribution in [0.25, 0.3) is 11.3 Å². The zero-order valence-corrected chi connectivity index (χ0v) is 15.2. The van der Waals surface area contributed by atoms with Crippen LogP contribution in [0.3, 0.4) is 0 Å². The third-order valence-corrected chi connectivity index (χ3v) is 5.00. The Hall–Kier alpha value is -2.74. The summed E-state index contributed by atoms with van der Waals surface area (Å²) in [6, 6.07) is 6.05. The smallest absolute Gasteiger partial charge is 0.317 e. The lowest BCUT2D eigenvalue weighted by molar-refractivity contribution is -0.138. The molecule has 2 aromatic rings. The van der Waals surface area contributed by atoms with E-state index in [1.165, 1.54) is 18.3 Å². The summed E-state index contributed by atoms with van der Waals surface area (Å²) in [6.07, 6.45) is 3.88. The molecule has 1 amide bonds. The van der Waals surface area contributed by atoms with E-state index < -0.39 is 5.97 Å². The number of H-pyrrole nitrogens is 1. The summed E-state index contributed by atoms with van der Waals surface area (Å²) in [5, 5.41) is 15.8. The van der Waals surface area contributed by atoms with Gasteiger partial charge in [-0.05, 0) is 50.6 Å². The number of benzene rings is 1. The molecule has 2 heterocycles. The van der Waals surface area contributed by atoms with Crippen LogP contribution in [-0.4, -0.2) is 69.7 Å². The molecule has 2 N–H and O–H groups in total. The van der Waals surface area contributed by atoms with Crippen LogP contribution in [0.5, 0.6) is 0 Å². The van der Waals surface area contributed by atoms with E-state index >= 15 is 0 Å². The predicted molar refractivity (Wildman–Crippen MR) is 97.8 cm³/mol. The SMILES string of the molecule is CN(CC(=O)O)C1CCCN(C(=O)c2cn[nH]c2-c2ccc(F)cc2)CC1. The molecule has 3 rings (SSSR count). The van der Waals surface area contributed by atoms with Gasteiger partial charge in [-0.2, -0.15) is 5.10 Å². The maximum atomic E-state index is 13.2. The fourth-order valence-corrected chi connectivity index (χ4v) is 3.52. The van der Waals surface area contributed by atoms with Crippen LogP contribution >= 0.6 is 0 Å². The Morgan fingerprint density at radius 1 is 1.30 bits per heavy atom. The molecule has 1 aliphatic heterocycles. The average molecular weight is 374 g/mol. The van der Waals surface area contributed by atoms with E-state index in [4.69, 9.17) is 5.11 Å². The van der Waals surface area contributed by atoms with Gasteiger partial charge in [-0.3, -0.25) is 19.6 Å². The topological polar surface area (TPSA) is 89.5 Å². The summed E-state index contributed by atoms with van der Waals surface area (Å²) in [7, 11) is 1.80. The highest BCUT2D eigenvalue weighted by Crippen LogP contribution is 2.24. The monoisotopic (exact) mass is 374 g/mol. The number of likely N-dealkylation sites (N-methyl/N-ethyl adjacent to an activating group) is 1. The number of hydrogen-bond donors (Lipinski definition) is 2. The number of amides is 1. The van der Waals surface area contributed by atoms with Crippen molar-refractivity contribution in [2.75, 3.05) is 26.7 Å². The van der Waals surface area contributed by atoms with Crippen molar-refractivity contribution in [2.45, 2.75) is 25.3 Å². The second-order valence-corrected chi connectivity index (χ2v) is 6.85. The first-order chi connectivity index (χ1) is 13.0. The van der Waals surface area contributed by atoms with Crippen molar-refractivity contribution in [1.82, 2.24) is 20.0 Å². The fraction of sp³-hybridized carbons (Fsp3) is 0.421. The number of nitrogens with one attached hydrogen (secondary N) is 1. The molecule has 7 nitrogen and oxygen atoms in total. The zero-order chi connectivity index (χ0) is 19.4. The molecule has 27 heavy (non-hydrogen) atoms. The van der Waals surface area contributed by atoms with Crippen molar-refractivity contribution in [2.24, 2.45) is 0 Å². The fourth-order valence-electron chi connectivity index (χ4n) is 3.52. The number of carbonyl (C=O) groups is 2. The molecular weight excluding hydrogens is 351 g/mol. The van der Waals surface area contributed by atoms with Gasteiger partial charge in [0.05, 0.1) is 24.0 Å². The number of nitrogens with zero attached hydrogens (tertiary/aromatic N) is 3. The highest BCUT2D eigenvalue weighted by molar-refractivity contribution is 5.99. The summed E-state index contributed by atoms with van der Waals surface area (Å²) >= 11 is 0. The standard InChI is InChI=1S/C19H23FN4O3/c1-23(12-17(25)26)15-3-2-9-24(10-8-15)19(27)16-11-21-22-18(16)13-4-6-14(20)7-5-13/h4-7,11,15H,2-3,8-10,12H2,1H3,(H,21,22)(H,25,26). The van der Waals surface area contributed by atoms with Gasteiger partial charge in [0, 0.05) is 24.7 Å². The molecule has 144 valence electrons. The number of carboxylic acids is 1. The second kappa shape index (κ2) is 8.30. The Morgan fingerprint density at radius 3 is 2.74 bits per heavy atom.